The van der Waals surface area contributed by atoms with Gasteiger partial charge in [-0.1, -0.05) is 0 Å². The van der Waals surface area contributed by atoms with Crippen LogP contribution in [0.1, 0.15) is 6.42 Å². The van der Waals surface area contributed by atoms with E-state index >= 15 is 0 Å². The van der Waals surface area contributed by atoms with Crippen molar-refractivity contribution in [1.29, 1.82) is 0 Å². The van der Waals surface area contributed by atoms with Crippen molar-refractivity contribution < 1.29 is 5.11 Å². The molecule has 0 atom stereocenters. The summed E-state index contributed by atoms with van der Waals surface area (Å²) < 4.78 is 0. The van der Waals surface area contributed by atoms with Crippen LogP contribution in [0.5, 0.6) is 0 Å². The van der Waals surface area contributed by atoms with Gasteiger partial charge in [0.2, 0.25) is 0 Å². The second kappa shape index (κ2) is 4.47. The van der Waals surface area contributed by atoms with Crippen molar-refractivity contribution in [3.8, 4) is 0 Å². The highest BCUT2D eigenvalue weighted by Gasteiger charge is 1.97. The van der Waals surface area contributed by atoms with Crippen LogP contribution in [-0.2, 0) is 10.9 Å². The maximum atomic E-state index is 8.32. The summed E-state index contributed by atoms with van der Waals surface area (Å²) in [7, 11) is 0.525. The zero-order chi connectivity index (χ0) is 5.70. The van der Waals surface area contributed by atoms with E-state index < -0.39 is 0 Å². The van der Waals surface area contributed by atoms with E-state index in [2.05, 4.69) is 12.5 Å². The van der Waals surface area contributed by atoms with Gasteiger partial charge < -0.3 is 5.11 Å². The zero-order valence-corrected chi connectivity index (χ0v) is 5.79. The van der Waals surface area contributed by atoms with Crippen molar-refractivity contribution in [2.24, 2.45) is 0 Å². The maximum absolute atomic E-state index is 8.32. The van der Waals surface area contributed by atoms with E-state index in [0.29, 0.717) is 17.5 Å². The van der Waals surface area contributed by atoms with E-state index in [-0.39, 0.29) is 0 Å². The van der Waals surface area contributed by atoms with E-state index in [4.69, 9.17) is 5.11 Å². The Balaban J connectivity index is 2.68. The Morgan fingerprint density at radius 3 is 2.14 bits per heavy atom. The minimum Gasteiger partial charge on any atom is -0.396 e. The van der Waals surface area contributed by atoms with Crippen LogP contribution >= 0.6 is 0 Å². The number of aliphatic hydroxyl groups is 1. The summed E-state index contributed by atoms with van der Waals surface area (Å²) in [5, 5.41) is 8.32. The fourth-order valence-electron chi connectivity index (χ4n) is 0.353. The van der Waals surface area contributed by atoms with Gasteiger partial charge in [-0.25, -0.2) is 0 Å². The lowest BCUT2D eigenvalue weighted by Gasteiger charge is -1.90. The van der Waals surface area contributed by atoms with Gasteiger partial charge in [0.05, 0.1) is 12.5 Å². The normalized spacial score (nSPS) is 10.3. The van der Waals surface area contributed by atoms with Gasteiger partial charge in [-0.3, -0.25) is 0 Å². The standard InChI is InChI=1S/C5H13OS/c1-7(2)5-3-4-6/h6H,3-5H2,1-2H3/q+1. The van der Waals surface area contributed by atoms with Gasteiger partial charge in [-0.05, 0) is 10.9 Å². The molecule has 0 aliphatic carbocycles. The van der Waals surface area contributed by atoms with Crippen molar-refractivity contribution >= 4 is 10.9 Å². The molecule has 0 bridgehead atoms. The molecule has 0 aromatic heterocycles. The molecule has 0 unspecified atom stereocenters. The lowest BCUT2D eigenvalue weighted by molar-refractivity contribution is 0.296. The molecule has 1 nitrogen and oxygen atoms in total. The highest BCUT2D eigenvalue weighted by atomic mass is 32.2. The van der Waals surface area contributed by atoms with Gasteiger partial charge in [0, 0.05) is 13.0 Å². The van der Waals surface area contributed by atoms with Crippen LogP contribution < -0.4 is 0 Å². The Kier molecular flexibility index (Phi) is 4.67. The Hall–Kier alpha value is 0.310. The monoisotopic (exact) mass is 121 g/mol. The Morgan fingerprint density at radius 1 is 1.43 bits per heavy atom. The summed E-state index contributed by atoms with van der Waals surface area (Å²) >= 11 is 0. The fourth-order valence-corrected chi connectivity index (χ4v) is 1.06. The summed E-state index contributed by atoms with van der Waals surface area (Å²) in [6, 6.07) is 0. The van der Waals surface area contributed by atoms with Crippen LogP contribution in [0.3, 0.4) is 0 Å². The summed E-state index contributed by atoms with van der Waals surface area (Å²) in [6.45, 7) is 0.352. The summed E-state index contributed by atoms with van der Waals surface area (Å²) in [5.41, 5.74) is 0. The van der Waals surface area contributed by atoms with Gasteiger partial charge in [0.25, 0.3) is 0 Å². The highest BCUT2D eigenvalue weighted by Crippen LogP contribution is 1.86. The van der Waals surface area contributed by atoms with Gasteiger partial charge in [-0.2, -0.15) is 0 Å². The van der Waals surface area contributed by atoms with Gasteiger partial charge in [0.15, 0.2) is 0 Å². The molecule has 0 heterocycles. The lowest BCUT2D eigenvalue weighted by Crippen LogP contribution is -2.02. The molecule has 1 N–H and O–H groups in total. The SMILES string of the molecule is C[S+](C)CCCO. The first-order valence-corrected chi connectivity index (χ1v) is 4.63. The van der Waals surface area contributed by atoms with Crippen LogP contribution in [0.15, 0.2) is 0 Å². The van der Waals surface area contributed by atoms with Gasteiger partial charge >= 0.3 is 0 Å². The van der Waals surface area contributed by atoms with Gasteiger partial charge in [-0.15, -0.1) is 0 Å². The van der Waals surface area contributed by atoms with Crippen LogP contribution in [0.4, 0.5) is 0 Å². The fraction of sp³-hybridized carbons (Fsp3) is 1.00. The number of rotatable bonds is 3. The molecular formula is C5H13OS+. The number of hydrogen-bond acceptors (Lipinski definition) is 1. The first-order valence-electron chi connectivity index (χ1n) is 2.42. The molecule has 0 aliphatic rings. The predicted molar refractivity (Wildman–Crippen MR) is 35.8 cm³/mol. The minimum absolute atomic E-state index is 0.352. The first-order chi connectivity index (χ1) is 3.27. The highest BCUT2D eigenvalue weighted by molar-refractivity contribution is 7.95. The number of aliphatic hydroxyl groups excluding tert-OH is 1. The Labute approximate surface area is 48.1 Å². The average molecular weight is 121 g/mol. The quantitative estimate of drug-likeness (QED) is 0.531. The van der Waals surface area contributed by atoms with Gasteiger partial charge in [0.1, 0.15) is 5.75 Å². The van der Waals surface area contributed by atoms with Crippen LogP contribution in [-0.4, -0.2) is 30.0 Å². The molecule has 0 aromatic carbocycles. The minimum atomic E-state index is 0.352. The third-order valence-electron chi connectivity index (χ3n) is 0.711. The lowest BCUT2D eigenvalue weighted by atomic mass is 10.5. The molecule has 7 heavy (non-hydrogen) atoms. The van der Waals surface area contributed by atoms with E-state index in [1.165, 1.54) is 5.75 Å². The summed E-state index contributed by atoms with van der Waals surface area (Å²) in [6.07, 6.45) is 5.35. The summed E-state index contributed by atoms with van der Waals surface area (Å²) in [5.74, 6) is 1.18. The average Bonchev–Trinajstić information content (AvgIpc) is 1.61. The van der Waals surface area contributed by atoms with Crippen molar-refractivity contribution in [3.63, 3.8) is 0 Å². The molecule has 0 spiro atoms. The van der Waals surface area contributed by atoms with Crippen molar-refractivity contribution in [2.45, 2.75) is 6.42 Å². The van der Waals surface area contributed by atoms with E-state index in [0.717, 1.165) is 6.42 Å². The molecular weight excluding hydrogens is 108 g/mol. The largest absolute Gasteiger partial charge is 0.396 e. The number of hydrogen-bond donors (Lipinski definition) is 1. The van der Waals surface area contributed by atoms with Crippen LogP contribution in [0.2, 0.25) is 0 Å². The van der Waals surface area contributed by atoms with Crippen molar-refractivity contribution in [1.82, 2.24) is 0 Å². The van der Waals surface area contributed by atoms with Crippen molar-refractivity contribution in [3.05, 3.63) is 0 Å². The molecule has 0 rings (SSSR count). The van der Waals surface area contributed by atoms with E-state index in [1.807, 2.05) is 0 Å². The molecule has 0 saturated heterocycles. The molecule has 0 aromatic rings. The first kappa shape index (κ1) is 7.31. The second-order valence-electron chi connectivity index (χ2n) is 1.77. The van der Waals surface area contributed by atoms with E-state index in [9.17, 15) is 0 Å². The molecule has 0 saturated carbocycles. The maximum Gasteiger partial charge on any atom is 0.109 e. The second-order valence-corrected chi connectivity index (χ2v) is 4.15. The van der Waals surface area contributed by atoms with Crippen LogP contribution in [0, 0.1) is 0 Å². The molecule has 44 valence electrons. The van der Waals surface area contributed by atoms with E-state index in [1.54, 1.807) is 0 Å². The summed E-state index contributed by atoms with van der Waals surface area (Å²) in [4.78, 5) is 0. The molecule has 0 amide bonds. The Morgan fingerprint density at radius 2 is 2.00 bits per heavy atom. The Bertz CT molecular complexity index is 37.1. The van der Waals surface area contributed by atoms with Crippen LogP contribution in [0.25, 0.3) is 0 Å². The third-order valence-corrected chi connectivity index (χ3v) is 1.82. The molecule has 0 fully saturated rings. The third kappa shape index (κ3) is 6.31. The van der Waals surface area contributed by atoms with Crippen molar-refractivity contribution in [2.75, 3.05) is 24.9 Å². The zero-order valence-electron chi connectivity index (χ0n) is 4.98. The smallest absolute Gasteiger partial charge is 0.109 e. The molecule has 2 heteroatoms. The molecule has 0 aliphatic heterocycles. The molecule has 0 radical (unpaired) electrons. The predicted octanol–water partition coefficient (Wildman–Crippen LogP) is 0.247. The topological polar surface area (TPSA) is 20.2 Å².